The van der Waals surface area contributed by atoms with E-state index in [2.05, 4.69) is 82.7 Å². The molecule has 3 aliphatic rings. The quantitative estimate of drug-likeness (QED) is 0.365. The van der Waals surface area contributed by atoms with Crippen molar-refractivity contribution in [2.75, 3.05) is 0 Å². The first-order valence-corrected chi connectivity index (χ1v) is 14.7. The van der Waals surface area contributed by atoms with Crippen LogP contribution in [-0.4, -0.2) is 25.7 Å². The third kappa shape index (κ3) is 3.69. The molecular weight excluding hydrogens is 480 g/mol. The highest BCUT2D eigenvalue weighted by Gasteiger charge is 2.52. The molecule has 8 bridgehead atoms. The van der Waals surface area contributed by atoms with Crippen LogP contribution in [0.15, 0.2) is 24.3 Å². The molecule has 0 amide bonds. The lowest BCUT2D eigenvalue weighted by atomic mass is 9.72. The second-order valence-electron chi connectivity index (χ2n) is 11.6. The summed E-state index contributed by atoms with van der Waals surface area (Å²) >= 11 is 0. The molecule has 1 saturated carbocycles. The number of allylic oxidation sites excluding steroid dienone is 2. The van der Waals surface area contributed by atoms with Gasteiger partial charge in [0, 0.05) is 40.1 Å². The third-order valence-corrected chi connectivity index (χ3v) is 9.85. The Kier molecular flexibility index (Phi) is 6.16. The van der Waals surface area contributed by atoms with Gasteiger partial charge in [-0.15, -0.1) is 0 Å². The maximum absolute atomic E-state index is 13.6. The minimum Gasteiger partial charge on any atom is -0.355 e. The number of carbonyl (C=O) groups excluding carboxylic acids is 1. The Balaban J connectivity index is 1.80. The SMILES string of the molecule is CCC1=C(C)c2cc3[nH]c(cc4nc(cc5[nH]c(cc1n2)c(CC)c5C)[C@@H](C)[C@@]41CCCC1=O)c(C)c3CC. The van der Waals surface area contributed by atoms with Crippen LogP contribution in [0, 0.1) is 13.8 Å². The Morgan fingerprint density at radius 2 is 1.44 bits per heavy atom. The van der Waals surface area contributed by atoms with Crippen LogP contribution >= 0.6 is 0 Å². The number of hydrogen-bond donors (Lipinski definition) is 2. The molecule has 1 spiro atoms. The molecule has 0 aromatic carbocycles. The summed E-state index contributed by atoms with van der Waals surface area (Å²) in [5, 5.41) is 0. The number of rotatable bonds is 3. The lowest BCUT2D eigenvalue weighted by Crippen LogP contribution is -2.33. The van der Waals surface area contributed by atoms with E-state index in [0.29, 0.717) is 12.2 Å². The summed E-state index contributed by atoms with van der Waals surface area (Å²) in [6.45, 7) is 15.4. The maximum Gasteiger partial charge on any atom is 0.145 e. The number of ketones is 1. The van der Waals surface area contributed by atoms with Gasteiger partial charge in [0.1, 0.15) is 5.78 Å². The van der Waals surface area contributed by atoms with Crippen molar-refractivity contribution < 1.29 is 4.79 Å². The highest BCUT2D eigenvalue weighted by molar-refractivity contribution is 5.95. The molecule has 39 heavy (non-hydrogen) atoms. The van der Waals surface area contributed by atoms with Crippen LogP contribution < -0.4 is 0 Å². The Hall–Kier alpha value is -3.47. The van der Waals surface area contributed by atoms with Gasteiger partial charge in [-0.1, -0.05) is 27.7 Å². The lowest BCUT2D eigenvalue weighted by Gasteiger charge is -2.26. The zero-order valence-corrected chi connectivity index (χ0v) is 24.4. The van der Waals surface area contributed by atoms with Gasteiger partial charge in [0.2, 0.25) is 0 Å². The summed E-state index contributed by atoms with van der Waals surface area (Å²) in [5.74, 6) is 0.371. The molecule has 2 N–H and O–H groups in total. The smallest absolute Gasteiger partial charge is 0.145 e. The number of Topliss-reactive ketones (excluding diaryl/α,β-unsaturated/α-hetero) is 1. The Morgan fingerprint density at radius 3 is 2.00 bits per heavy atom. The summed E-state index contributed by atoms with van der Waals surface area (Å²) in [4.78, 5) is 31.4. The van der Waals surface area contributed by atoms with Crippen LogP contribution in [0.1, 0.15) is 111 Å². The van der Waals surface area contributed by atoms with Gasteiger partial charge in [0.15, 0.2) is 0 Å². The number of carbonyl (C=O) groups is 1. The second-order valence-corrected chi connectivity index (χ2v) is 11.6. The van der Waals surface area contributed by atoms with E-state index >= 15 is 0 Å². The highest BCUT2D eigenvalue weighted by Crippen LogP contribution is 2.51. The molecule has 2 aliphatic heterocycles. The first-order chi connectivity index (χ1) is 18.7. The number of H-pyrrole nitrogens is 2. The number of aromatic nitrogens is 4. The van der Waals surface area contributed by atoms with E-state index in [1.807, 2.05) is 0 Å². The van der Waals surface area contributed by atoms with Gasteiger partial charge in [-0.3, -0.25) is 9.78 Å². The van der Waals surface area contributed by atoms with Crippen LogP contribution in [-0.2, 0) is 23.1 Å². The lowest BCUT2D eigenvalue weighted by molar-refractivity contribution is -0.122. The van der Waals surface area contributed by atoms with Crippen molar-refractivity contribution in [3.05, 3.63) is 69.3 Å². The minimum atomic E-state index is -0.537. The molecule has 5 heteroatoms. The van der Waals surface area contributed by atoms with E-state index in [0.717, 1.165) is 76.9 Å². The highest BCUT2D eigenvalue weighted by atomic mass is 16.1. The number of aromatic amines is 2. The van der Waals surface area contributed by atoms with Crippen molar-refractivity contribution in [1.29, 1.82) is 0 Å². The summed E-state index contributed by atoms with van der Waals surface area (Å²) in [6, 6.07) is 8.82. The fourth-order valence-electron chi connectivity index (χ4n) is 7.44. The Labute approximate surface area is 231 Å². The molecule has 3 aromatic heterocycles. The standard InChI is InChI=1S/C34H40N4O/c1-8-22-18(4)25-14-28-21(7)34(13-11-12-33(34)39)32(38-28)17-27-20(6)24(10-3)29(37-27)15-26-19(5)23(9-2)31(36-26)16-30(22)35-25/h14-17,21,35,37H,8-13H2,1-7H3/t21-,34+/m1/s1. The van der Waals surface area contributed by atoms with Gasteiger partial charge in [0.05, 0.1) is 22.5 Å². The second kappa shape index (κ2) is 9.32. The number of hydrogen-bond acceptors (Lipinski definition) is 3. The van der Waals surface area contributed by atoms with E-state index in [9.17, 15) is 4.79 Å². The van der Waals surface area contributed by atoms with Crippen LogP contribution in [0.5, 0.6) is 0 Å². The Bertz CT molecular complexity index is 1720. The summed E-state index contributed by atoms with van der Waals surface area (Å²) in [5.41, 5.74) is 15.4. The number of nitrogens with one attached hydrogen (secondary N) is 2. The van der Waals surface area contributed by atoms with Gasteiger partial charge < -0.3 is 9.97 Å². The van der Waals surface area contributed by atoms with E-state index in [-0.39, 0.29) is 5.92 Å². The van der Waals surface area contributed by atoms with Gasteiger partial charge >= 0.3 is 0 Å². The third-order valence-electron chi connectivity index (χ3n) is 9.85. The van der Waals surface area contributed by atoms with Crippen LogP contribution in [0.3, 0.4) is 0 Å². The van der Waals surface area contributed by atoms with Crippen LogP contribution in [0.25, 0.3) is 33.2 Å². The van der Waals surface area contributed by atoms with Crippen molar-refractivity contribution in [3.63, 3.8) is 0 Å². The molecule has 6 rings (SSSR count). The molecule has 2 atom stereocenters. The van der Waals surface area contributed by atoms with Crippen molar-refractivity contribution >= 4 is 39.0 Å². The van der Waals surface area contributed by atoms with E-state index < -0.39 is 5.41 Å². The molecule has 5 nitrogen and oxygen atoms in total. The van der Waals surface area contributed by atoms with Gasteiger partial charge in [-0.05, 0) is 111 Å². The van der Waals surface area contributed by atoms with Crippen molar-refractivity contribution in [2.45, 2.75) is 98.3 Å². The zero-order chi connectivity index (χ0) is 27.6. The van der Waals surface area contributed by atoms with Gasteiger partial charge in [-0.25, -0.2) is 4.98 Å². The van der Waals surface area contributed by atoms with Crippen LogP contribution in [0.4, 0.5) is 0 Å². The predicted octanol–water partition coefficient (Wildman–Crippen LogP) is 8.19. The summed E-state index contributed by atoms with van der Waals surface area (Å²) in [6.07, 6.45) is 5.21. The topological polar surface area (TPSA) is 74.4 Å². The number of aryl methyl sites for hydroxylation is 4. The van der Waals surface area contributed by atoms with Crippen molar-refractivity contribution in [2.24, 2.45) is 0 Å². The number of nitrogens with zero attached hydrogens (tertiary/aromatic N) is 2. The average Bonchev–Trinajstić information content (AvgIpc) is 3.66. The fraction of sp³-hybridized carbons (Fsp3) is 0.441. The molecule has 0 saturated heterocycles. The molecule has 0 unspecified atom stereocenters. The average molecular weight is 521 g/mol. The van der Waals surface area contributed by atoms with E-state index in [4.69, 9.17) is 9.97 Å². The summed E-state index contributed by atoms with van der Waals surface area (Å²) < 4.78 is 0. The van der Waals surface area contributed by atoms with Gasteiger partial charge in [-0.2, -0.15) is 0 Å². The Morgan fingerprint density at radius 1 is 0.821 bits per heavy atom. The summed E-state index contributed by atoms with van der Waals surface area (Å²) in [7, 11) is 0. The molecule has 0 radical (unpaired) electrons. The predicted molar refractivity (Wildman–Crippen MR) is 161 cm³/mol. The van der Waals surface area contributed by atoms with E-state index in [1.54, 1.807) is 0 Å². The molecular formula is C34H40N4O. The molecule has 5 heterocycles. The molecule has 1 fully saturated rings. The number of fused-ring (bicyclic) bond motifs is 9. The first kappa shape index (κ1) is 25.8. The molecule has 1 aliphatic carbocycles. The van der Waals surface area contributed by atoms with Crippen molar-refractivity contribution in [1.82, 2.24) is 19.9 Å². The van der Waals surface area contributed by atoms with Crippen molar-refractivity contribution in [3.8, 4) is 0 Å². The monoisotopic (exact) mass is 520 g/mol. The first-order valence-electron chi connectivity index (χ1n) is 14.7. The van der Waals surface area contributed by atoms with E-state index in [1.165, 1.54) is 33.4 Å². The van der Waals surface area contributed by atoms with Gasteiger partial charge in [0.25, 0.3) is 0 Å². The zero-order valence-electron chi connectivity index (χ0n) is 24.4. The normalized spacial score (nSPS) is 21.0. The molecule has 3 aromatic rings. The maximum atomic E-state index is 13.6. The minimum absolute atomic E-state index is 0.0369. The molecule has 202 valence electrons. The van der Waals surface area contributed by atoms with Crippen LogP contribution in [0.2, 0.25) is 0 Å². The largest absolute Gasteiger partial charge is 0.355 e. The fourth-order valence-corrected chi connectivity index (χ4v) is 7.44.